The van der Waals surface area contributed by atoms with Crippen molar-refractivity contribution in [1.29, 1.82) is 0 Å². The van der Waals surface area contributed by atoms with Crippen molar-refractivity contribution in [2.45, 2.75) is 38.3 Å². The molecule has 0 radical (unpaired) electrons. The van der Waals surface area contributed by atoms with Gasteiger partial charge in [0.15, 0.2) is 11.0 Å². The third kappa shape index (κ3) is 6.68. The fourth-order valence-corrected chi connectivity index (χ4v) is 7.14. The quantitative estimate of drug-likeness (QED) is 0.0950. The van der Waals surface area contributed by atoms with Crippen molar-refractivity contribution in [2.75, 3.05) is 0 Å². The number of aliphatic carboxylic acids is 1. The van der Waals surface area contributed by atoms with Crippen LogP contribution in [0.15, 0.2) is 146 Å². The standard InChI is InChI=1S/C43H37ClN6O2/c1-2-3-23-39-45-41(44)38(28-29-40(51)52)49(39)30-31-24-26-32(27-25-31)36-21-13-14-22-37(36)42-46-47-48-50(42)43(33-15-7-4-8-16-33,34-17-9-5-10-18-34)35-19-11-6-12-20-35/h4-22,24-29H,2-3,23,30H2,1H3,(H,51,52)/b29-28+. The van der Waals surface area contributed by atoms with Gasteiger partial charge in [-0.05, 0) is 56.3 Å². The van der Waals surface area contributed by atoms with Crippen LogP contribution in [0.1, 0.15) is 53.5 Å². The summed E-state index contributed by atoms with van der Waals surface area (Å²) >= 11 is 6.52. The highest BCUT2D eigenvalue weighted by Crippen LogP contribution is 2.43. The molecule has 1 N–H and O–H groups in total. The Balaban J connectivity index is 1.32. The van der Waals surface area contributed by atoms with Crippen molar-refractivity contribution in [2.24, 2.45) is 0 Å². The minimum Gasteiger partial charge on any atom is -0.478 e. The molecule has 258 valence electrons. The summed E-state index contributed by atoms with van der Waals surface area (Å²) in [6.45, 7) is 2.62. The van der Waals surface area contributed by atoms with Crippen molar-refractivity contribution < 1.29 is 9.90 Å². The topological polar surface area (TPSA) is 98.7 Å². The van der Waals surface area contributed by atoms with E-state index in [0.717, 1.165) is 70.1 Å². The molecule has 52 heavy (non-hydrogen) atoms. The van der Waals surface area contributed by atoms with Crippen molar-refractivity contribution in [3.63, 3.8) is 0 Å². The van der Waals surface area contributed by atoms with E-state index in [0.29, 0.717) is 23.2 Å². The lowest BCUT2D eigenvalue weighted by Crippen LogP contribution is -2.39. The van der Waals surface area contributed by atoms with Crippen molar-refractivity contribution in [1.82, 2.24) is 29.8 Å². The fraction of sp³-hybridized carbons (Fsp3) is 0.140. The van der Waals surface area contributed by atoms with E-state index in [1.54, 1.807) is 0 Å². The lowest BCUT2D eigenvalue weighted by Gasteiger charge is -2.36. The second-order valence-electron chi connectivity index (χ2n) is 12.5. The molecule has 0 aliphatic rings. The summed E-state index contributed by atoms with van der Waals surface area (Å²) in [5, 5.41) is 23.3. The monoisotopic (exact) mass is 704 g/mol. The van der Waals surface area contributed by atoms with E-state index in [1.165, 1.54) is 6.08 Å². The summed E-state index contributed by atoms with van der Waals surface area (Å²) in [6, 6.07) is 47.6. The fourth-order valence-electron chi connectivity index (χ4n) is 6.88. The summed E-state index contributed by atoms with van der Waals surface area (Å²) < 4.78 is 3.96. The molecular formula is C43H37ClN6O2. The van der Waals surface area contributed by atoms with Crippen molar-refractivity contribution in [3.05, 3.63) is 185 Å². The highest BCUT2D eigenvalue weighted by molar-refractivity contribution is 6.30. The molecule has 0 spiro atoms. The first-order chi connectivity index (χ1) is 25.5. The number of unbranched alkanes of at least 4 members (excludes halogenated alkanes) is 1. The number of carboxylic acids is 1. The maximum absolute atomic E-state index is 11.3. The first-order valence-corrected chi connectivity index (χ1v) is 17.7. The lowest BCUT2D eigenvalue weighted by molar-refractivity contribution is -0.131. The van der Waals surface area contributed by atoms with Gasteiger partial charge in [-0.2, -0.15) is 0 Å². The Hall–Kier alpha value is -6.12. The molecule has 7 aromatic rings. The van der Waals surface area contributed by atoms with E-state index in [4.69, 9.17) is 21.9 Å². The largest absolute Gasteiger partial charge is 0.478 e. The van der Waals surface area contributed by atoms with E-state index in [9.17, 15) is 9.90 Å². The Bertz CT molecular complexity index is 2200. The third-order valence-corrected chi connectivity index (χ3v) is 9.59. The summed E-state index contributed by atoms with van der Waals surface area (Å²) in [4.78, 5) is 15.9. The number of hydrogen-bond donors (Lipinski definition) is 1. The molecule has 0 bridgehead atoms. The van der Waals surface area contributed by atoms with E-state index in [-0.39, 0.29) is 0 Å². The van der Waals surface area contributed by atoms with Gasteiger partial charge in [-0.15, -0.1) is 5.10 Å². The van der Waals surface area contributed by atoms with Gasteiger partial charge >= 0.3 is 5.97 Å². The zero-order valence-electron chi connectivity index (χ0n) is 28.7. The maximum Gasteiger partial charge on any atom is 0.328 e. The van der Waals surface area contributed by atoms with E-state index in [2.05, 4.69) is 89.9 Å². The summed E-state index contributed by atoms with van der Waals surface area (Å²) in [5.74, 6) is 0.415. The second-order valence-corrected chi connectivity index (χ2v) is 12.9. The minimum absolute atomic E-state index is 0.296. The van der Waals surface area contributed by atoms with E-state index >= 15 is 0 Å². The van der Waals surface area contributed by atoms with Crippen LogP contribution >= 0.6 is 11.6 Å². The zero-order chi connectivity index (χ0) is 35.9. The van der Waals surface area contributed by atoms with Gasteiger partial charge in [0.05, 0.1) is 5.69 Å². The van der Waals surface area contributed by atoms with E-state index in [1.807, 2.05) is 76.0 Å². The summed E-state index contributed by atoms with van der Waals surface area (Å²) in [5.41, 5.74) is 6.67. The number of nitrogens with zero attached hydrogens (tertiary/aromatic N) is 6. The number of halogens is 1. The number of carboxylic acid groups (broad SMARTS) is 1. The molecule has 9 heteroatoms. The number of aromatic nitrogens is 6. The lowest BCUT2D eigenvalue weighted by atomic mass is 9.77. The minimum atomic E-state index is -1.04. The summed E-state index contributed by atoms with van der Waals surface area (Å²) in [7, 11) is 0. The molecule has 2 heterocycles. The average molecular weight is 705 g/mol. The zero-order valence-corrected chi connectivity index (χ0v) is 29.4. The van der Waals surface area contributed by atoms with Gasteiger partial charge in [0.1, 0.15) is 11.4 Å². The molecular weight excluding hydrogens is 668 g/mol. The first-order valence-electron chi connectivity index (χ1n) is 17.3. The van der Waals surface area contributed by atoms with Crippen molar-refractivity contribution in [3.8, 4) is 22.5 Å². The summed E-state index contributed by atoms with van der Waals surface area (Å²) in [6.07, 6.45) is 5.31. The first kappa shape index (κ1) is 34.3. The molecule has 0 saturated carbocycles. The smallest absolute Gasteiger partial charge is 0.328 e. The molecule has 0 atom stereocenters. The van der Waals surface area contributed by atoms with Crippen LogP contribution < -0.4 is 0 Å². The number of tetrazole rings is 1. The maximum atomic E-state index is 11.3. The highest BCUT2D eigenvalue weighted by atomic mass is 35.5. The van der Waals surface area contributed by atoms with Gasteiger partial charge in [-0.1, -0.05) is 164 Å². The number of benzene rings is 5. The van der Waals surface area contributed by atoms with Crippen LogP contribution in [0.4, 0.5) is 0 Å². The van der Waals surface area contributed by atoms with Crippen LogP contribution in [0.2, 0.25) is 5.15 Å². The molecule has 5 aromatic carbocycles. The number of imidazole rings is 1. The Morgan fingerprint density at radius 1 is 0.769 bits per heavy atom. The Labute approximate surface area is 307 Å². The van der Waals surface area contributed by atoms with Gasteiger partial charge in [-0.3, -0.25) is 0 Å². The number of carbonyl (C=O) groups is 1. The number of hydrogen-bond acceptors (Lipinski definition) is 5. The molecule has 8 nitrogen and oxygen atoms in total. The molecule has 0 saturated heterocycles. The number of rotatable bonds is 13. The molecule has 0 unspecified atom stereocenters. The molecule has 7 rings (SSSR count). The van der Waals surface area contributed by atoms with Crippen LogP contribution in [0.25, 0.3) is 28.6 Å². The predicted octanol–water partition coefficient (Wildman–Crippen LogP) is 9.19. The normalized spacial score (nSPS) is 11.7. The highest BCUT2D eigenvalue weighted by Gasteiger charge is 2.42. The predicted molar refractivity (Wildman–Crippen MR) is 205 cm³/mol. The van der Waals surface area contributed by atoms with Crippen LogP contribution in [-0.2, 0) is 23.3 Å². The number of aryl methyl sites for hydroxylation is 1. The van der Waals surface area contributed by atoms with E-state index < -0.39 is 11.5 Å². The average Bonchev–Trinajstić information content (AvgIpc) is 3.79. The van der Waals surface area contributed by atoms with Gasteiger partial charge < -0.3 is 9.67 Å². The van der Waals surface area contributed by atoms with Gasteiger partial charge in [-0.25, -0.2) is 14.5 Å². The van der Waals surface area contributed by atoms with Crippen LogP contribution in [-0.4, -0.2) is 40.8 Å². The third-order valence-electron chi connectivity index (χ3n) is 9.31. The van der Waals surface area contributed by atoms with Crippen molar-refractivity contribution >= 4 is 23.6 Å². The second kappa shape index (κ2) is 15.4. The van der Waals surface area contributed by atoms with Gasteiger partial charge in [0.2, 0.25) is 0 Å². The Kier molecular flexibility index (Phi) is 10.2. The molecule has 0 fully saturated rings. The van der Waals surface area contributed by atoms with Crippen LogP contribution in [0, 0.1) is 0 Å². The van der Waals surface area contributed by atoms with Crippen LogP contribution in [0.5, 0.6) is 0 Å². The van der Waals surface area contributed by atoms with Gasteiger partial charge in [0, 0.05) is 24.6 Å². The SMILES string of the molecule is CCCCc1nc(Cl)c(/C=C/C(=O)O)n1Cc1ccc(-c2ccccc2-c2nnnn2C(c2ccccc2)(c2ccccc2)c2ccccc2)cc1. The van der Waals surface area contributed by atoms with Crippen LogP contribution in [0.3, 0.4) is 0 Å². The Morgan fingerprint density at radius 2 is 1.33 bits per heavy atom. The molecule has 2 aromatic heterocycles. The molecule has 0 amide bonds. The molecule has 0 aliphatic carbocycles. The van der Waals surface area contributed by atoms with Gasteiger partial charge in [0.25, 0.3) is 0 Å². The Morgan fingerprint density at radius 3 is 1.88 bits per heavy atom. The molecule has 0 aliphatic heterocycles.